The van der Waals surface area contributed by atoms with Gasteiger partial charge in [-0.05, 0) is 31.5 Å². The molecule has 1 aliphatic heterocycles. The molecule has 1 saturated heterocycles. The van der Waals surface area contributed by atoms with E-state index in [1.807, 2.05) is 11.8 Å². The number of aromatic nitrogens is 3. The third-order valence-corrected chi connectivity index (χ3v) is 5.52. The van der Waals surface area contributed by atoms with Crippen LogP contribution in [0.4, 0.5) is 10.3 Å². The lowest BCUT2D eigenvalue weighted by atomic mass is 9.96. The summed E-state index contributed by atoms with van der Waals surface area (Å²) in [6.45, 7) is 2.95. The third-order valence-electron chi connectivity index (χ3n) is 5.52. The van der Waals surface area contributed by atoms with Gasteiger partial charge in [0.25, 0.3) is 0 Å². The highest BCUT2D eigenvalue weighted by molar-refractivity contribution is 5.99. The second-order valence-electron chi connectivity index (χ2n) is 7.56. The molecular weight excluding hydrogens is 401 g/mol. The molecule has 5 rings (SSSR count). The highest BCUT2D eigenvalue weighted by atomic mass is 19.1. The molecule has 0 radical (unpaired) electrons. The monoisotopic (exact) mass is 419 g/mol. The van der Waals surface area contributed by atoms with Gasteiger partial charge < -0.3 is 19.5 Å². The number of aliphatic hydroxyl groups is 1. The number of benzene rings is 1. The summed E-state index contributed by atoms with van der Waals surface area (Å²) < 4.78 is 20.7. The average molecular weight is 419 g/mol. The van der Waals surface area contributed by atoms with Crippen LogP contribution in [0, 0.1) is 24.1 Å². The molecule has 4 heterocycles. The van der Waals surface area contributed by atoms with Gasteiger partial charge in [-0.3, -0.25) is 5.10 Å². The number of fused-ring (bicyclic) bond motifs is 1. The van der Waals surface area contributed by atoms with E-state index in [0.717, 1.165) is 6.07 Å². The van der Waals surface area contributed by atoms with Gasteiger partial charge in [0.15, 0.2) is 11.5 Å². The Labute approximate surface area is 176 Å². The quantitative estimate of drug-likeness (QED) is 0.465. The number of hydrogen-bond acceptors (Lipinski definition) is 7. The number of phenolic OH excluding ortho intramolecular Hbond substituents is 1. The number of aliphatic hydroxyl groups excluding tert-OH is 1. The van der Waals surface area contributed by atoms with Crippen molar-refractivity contribution < 1.29 is 19.0 Å². The minimum Gasteiger partial charge on any atom is -0.508 e. The summed E-state index contributed by atoms with van der Waals surface area (Å²) >= 11 is 0. The van der Waals surface area contributed by atoms with Crippen molar-refractivity contribution in [3.63, 3.8) is 0 Å². The Balaban J connectivity index is 1.75. The first-order chi connectivity index (χ1) is 15.0. The molecule has 9 heteroatoms. The number of anilines is 1. The van der Waals surface area contributed by atoms with Crippen LogP contribution in [0.1, 0.15) is 17.7 Å². The molecule has 0 unspecified atom stereocenters. The number of aryl methyl sites for hydroxylation is 1. The maximum atomic E-state index is 14.6. The normalized spacial score (nSPS) is 16.2. The number of phenols is 1. The Morgan fingerprint density at radius 1 is 1.32 bits per heavy atom. The molecule has 1 atom stereocenters. The van der Waals surface area contributed by atoms with Crippen molar-refractivity contribution in [3.8, 4) is 34.4 Å². The first-order valence-electron chi connectivity index (χ1n) is 9.77. The van der Waals surface area contributed by atoms with Crippen molar-refractivity contribution in [3.05, 3.63) is 47.4 Å². The van der Waals surface area contributed by atoms with Crippen LogP contribution in [-0.4, -0.2) is 44.6 Å². The summed E-state index contributed by atoms with van der Waals surface area (Å²) in [5.74, 6) is 0.0806. The van der Waals surface area contributed by atoms with E-state index in [-0.39, 0.29) is 22.6 Å². The number of H-pyrrole nitrogens is 1. The van der Waals surface area contributed by atoms with Gasteiger partial charge in [0.05, 0.1) is 28.3 Å². The van der Waals surface area contributed by atoms with E-state index in [9.17, 15) is 19.9 Å². The summed E-state index contributed by atoms with van der Waals surface area (Å²) in [6, 6.07) is 9.38. The van der Waals surface area contributed by atoms with Crippen molar-refractivity contribution in [1.29, 1.82) is 5.26 Å². The van der Waals surface area contributed by atoms with E-state index in [1.165, 1.54) is 12.1 Å². The topological polar surface area (TPSA) is 122 Å². The summed E-state index contributed by atoms with van der Waals surface area (Å²) in [6.07, 6.45) is 0.250. The minimum absolute atomic E-state index is 0.0765. The van der Waals surface area contributed by atoms with E-state index >= 15 is 0 Å². The first kappa shape index (κ1) is 19.1. The van der Waals surface area contributed by atoms with E-state index in [0.29, 0.717) is 53.4 Å². The number of aromatic hydroxyl groups is 1. The zero-order valence-corrected chi connectivity index (χ0v) is 16.6. The maximum Gasteiger partial charge on any atom is 0.196 e. The van der Waals surface area contributed by atoms with Crippen molar-refractivity contribution in [2.75, 3.05) is 18.0 Å². The smallest absolute Gasteiger partial charge is 0.196 e. The fourth-order valence-corrected chi connectivity index (χ4v) is 4.02. The van der Waals surface area contributed by atoms with E-state index in [2.05, 4.69) is 21.3 Å². The number of halogens is 1. The molecule has 1 aliphatic rings. The number of nitrogens with one attached hydrogen (secondary N) is 1. The molecule has 3 aromatic heterocycles. The number of pyridine rings is 1. The molecule has 3 N–H and O–H groups in total. The molecule has 1 fully saturated rings. The number of furan rings is 1. The number of hydrogen-bond donors (Lipinski definition) is 3. The van der Waals surface area contributed by atoms with E-state index < -0.39 is 11.9 Å². The number of rotatable bonds is 3. The maximum absolute atomic E-state index is 14.6. The summed E-state index contributed by atoms with van der Waals surface area (Å²) in [7, 11) is 0. The average Bonchev–Trinajstić information content (AvgIpc) is 3.47. The van der Waals surface area contributed by atoms with Gasteiger partial charge in [-0.25, -0.2) is 9.37 Å². The van der Waals surface area contributed by atoms with Crippen LogP contribution in [0.25, 0.3) is 33.6 Å². The van der Waals surface area contributed by atoms with E-state index in [1.54, 1.807) is 12.1 Å². The van der Waals surface area contributed by atoms with Crippen LogP contribution in [-0.2, 0) is 0 Å². The Morgan fingerprint density at radius 3 is 2.87 bits per heavy atom. The number of nitrogens with zero attached hydrogens (tertiary/aromatic N) is 4. The third kappa shape index (κ3) is 3.08. The standard InChI is InChI=1S/C22H18FN5O3/c1-11-19-20(17-4-5-18(31-17)28-7-6-13(30)10-28)15(9-24)21(25-22(19)27-26-11)14-3-2-12(29)8-16(14)23/h2-5,8,13,29-30H,6-7,10H2,1H3,(H,25,26,27)/t13-/m1/s1. The molecule has 0 spiro atoms. The molecular formula is C22H18FN5O3. The predicted octanol–water partition coefficient (Wildman–Crippen LogP) is 3.48. The Hall–Kier alpha value is -3.90. The fraction of sp³-hybridized carbons (Fsp3) is 0.227. The van der Waals surface area contributed by atoms with Crippen molar-refractivity contribution >= 4 is 16.9 Å². The van der Waals surface area contributed by atoms with Crippen LogP contribution < -0.4 is 4.90 Å². The molecule has 8 nitrogen and oxygen atoms in total. The van der Waals surface area contributed by atoms with Crippen molar-refractivity contribution in [2.24, 2.45) is 0 Å². The number of β-amino-alcohol motifs (C(OH)–C–C–N with tert-alkyl or cyclic N) is 1. The lowest BCUT2D eigenvalue weighted by Crippen LogP contribution is -2.20. The largest absolute Gasteiger partial charge is 0.508 e. The van der Waals surface area contributed by atoms with Crippen LogP contribution in [0.3, 0.4) is 0 Å². The number of nitriles is 1. The fourth-order valence-electron chi connectivity index (χ4n) is 4.02. The molecule has 156 valence electrons. The predicted molar refractivity (Wildman–Crippen MR) is 111 cm³/mol. The van der Waals surface area contributed by atoms with Gasteiger partial charge in [-0.1, -0.05) is 0 Å². The van der Waals surface area contributed by atoms with Crippen molar-refractivity contribution in [2.45, 2.75) is 19.4 Å². The Morgan fingerprint density at radius 2 is 2.16 bits per heavy atom. The van der Waals surface area contributed by atoms with Gasteiger partial charge in [0.1, 0.15) is 23.4 Å². The van der Waals surface area contributed by atoms with Gasteiger partial charge in [-0.2, -0.15) is 10.4 Å². The number of aromatic amines is 1. The zero-order valence-electron chi connectivity index (χ0n) is 16.6. The van der Waals surface area contributed by atoms with Gasteiger partial charge >= 0.3 is 0 Å². The van der Waals surface area contributed by atoms with Crippen LogP contribution in [0.2, 0.25) is 0 Å². The second-order valence-corrected chi connectivity index (χ2v) is 7.56. The van der Waals surface area contributed by atoms with Crippen molar-refractivity contribution in [1.82, 2.24) is 15.2 Å². The highest BCUT2D eigenvalue weighted by Crippen LogP contribution is 2.40. The summed E-state index contributed by atoms with van der Waals surface area (Å²) in [4.78, 5) is 6.37. The zero-order chi connectivity index (χ0) is 21.7. The lowest BCUT2D eigenvalue weighted by molar-refractivity contribution is 0.198. The molecule has 4 aromatic rings. The van der Waals surface area contributed by atoms with E-state index in [4.69, 9.17) is 4.42 Å². The van der Waals surface area contributed by atoms with Gasteiger partial charge in [-0.15, -0.1) is 0 Å². The Kier molecular flexibility index (Phi) is 4.38. The van der Waals surface area contributed by atoms with Gasteiger partial charge in [0.2, 0.25) is 0 Å². The molecule has 0 amide bonds. The Bertz CT molecular complexity index is 1350. The van der Waals surface area contributed by atoms with Gasteiger partial charge in [0, 0.05) is 36.5 Å². The molecule has 31 heavy (non-hydrogen) atoms. The molecule has 1 aromatic carbocycles. The highest BCUT2D eigenvalue weighted by Gasteiger charge is 2.27. The SMILES string of the molecule is Cc1[nH]nc2nc(-c3ccc(O)cc3F)c(C#N)c(-c3ccc(N4CC[C@@H](O)C4)o3)c12. The van der Waals surface area contributed by atoms with Crippen LogP contribution in [0.5, 0.6) is 5.75 Å². The molecule has 0 aliphatic carbocycles. The second kappa shape index (κ2) is 7.11. The minimum atomic E-state index is -0.701. The lowest BCUT2D eigenvalue weighted by Gasteiger charge is -2.14. The summed E-state index contributed by atoms with van der Waals surface area (Å²) in [5, 5.41) is 37.1. The summed E-state index contributed by atoms with van der Waals surface area (Å²) in [5.41, 5.74) is 1.82. The molecule has 0 saturated carbocycles. The first-order valence-corrected chi connectivity index (χ1v) is 9.77. The van der Waals surface area contributed by atoms with Crippen LogP contribution in [0.15, 0.2) is 34.7 Å². The molecule has 0 bridgehead atoms. The van der Waals surface area contributed by atoms with Crippen LogP contribution >= 0.6 is 0 Å².